The Bertz CT molecular complexity index is 1330. The Hall–Kier alpha value is -2.96. The molecule has 1 spiro atoms. The van der Waals surface area contributed by atoms with E-state index >= 15 is 0 Å². The molecule has 0 radical (unpaired) electrons. The summed E-state index contributed by atoms with van der Waals surface area (Å²) < 4.78 is 35.3. The van der Waals surface area contributed by atoms with Gasteiger partial charge in [0.2, 0.25) is 0 Å². The van der Waals surface area contributed by atoms with Crippen LogP contribution in [0.4, 0.5) is 4.39 Å². The van der Waals surface area contributed by atoms with Crippen molar-refractivity contribution in [1.82, 2.24) is 4.57 Å². The molecule has 226 valence electrons. The van der Waals surface area contributed by atoms with Crippen LogP contribution in [0, 0.1) is 5.82 Å². The number of aromatic nitrogens is 1. The third kappa shape index (κ3) is 7.33. The Labute approximate surface area is 250 Å². The maximum absolute atomic E-state index is 14.0. The lowest BCUT2D eigenvalue weighted by atomic mass is 9.91. The standard InChI is InChI=1S/C36H46FNO4/c1-25(2)32-24-31(26-12-8-6-9-13-26)34(27-14-16-28(37)17-15-27)38(32)21-18-29-22-30(23-33(39)42-35(3,4)5)41-36(40-29)19-10-7-11-20-36/h6,8-9,12-17,24-25,29-30H,7,10-11,18-23H2,1-5H3. The van der Waals surface area contributed by atoms with Gasteiger partial charge in [0.15, 0.2) is 5.79 Å². The summed E-state index contributed by atoms with van der Waals surface area (Å²) in [6.07, 6.45) is 6.41. The van der Waals surface area contributed by atoms with E-state index < -0.39 is 11.4 Å². The minimum Gasteiger partial charge on any atom is -0.460 e. The zero-order valence-corrected chi connectivity index (χ0v) is 25.8. The molecule has 5 rings (SSSR count). The number of carbonyl (C=O) groups is 1. The summed E-state index contributed by atoms with van der Waals surface area (Å²) in [5.74, 6) is -0.799. The first-order valence-corrected chi connectivity index (χ1v) is 15.6. The highest BCUT2D eigenvalue weighted by molar-refractivity contribution is 5.82. The van der Waals surface area contributed by atoms with Gasteiger partial charge in [0.1, 0.15) is 11.4 Å². The largest absolute Gasteiger partial charge is 0.460 e. The van der Waals surface area contributed by atoms with Crippen LogP contribution in [0.5, 0.6) is 0 Å². The van der Waals surface area contributed by atoms with E-state index in [0.717, 1.165) is 61.0 Å². The minimum absolute atomic E-state index is 0.0482. The SMILES string of the molecule is CC(C)c1cc(-c2ccccc2)c(-c2ccc(F)cc2)n1CCC1CC(CC(=O)OC(C)(C)C)OC2(CCCCC2)O1. The molecule has 2 aromatic carbocycles. The second-order valence-corrected chi connectivity index (χ2v) is 13.3. The summed E-state index contributed by atoms with van der Waals surface area (Å²) in [6.45, 7) is 10.9. The van der Waals surface area contributed by atoms with Gasteiger partial charge in [0, 0.05) is 37.1 Å². The second kappa shape index (κ2) is 12.7. The molecular weight excluding hydrogens is 529 g/mol. The van der Waals surface area contributed by atoms with E-state index in [9.17, 15) is 9.18 Å². The van der Waals surface area contributed by atoms with Gasteiger partial charge >= 0.3 is 5.97 Å². The predicted molar refractivity (Wildman–Crippen MR) is 165 cm³/mol. The van der Waals surface area contributed by atoms with Crippen LogP contribution in [0.1, 0.15) is 97.6 Å². The van der Waals surface area contributed by atoms with Gasteiger partial charge < -0.3 is 18.8 Å². The first kappa shape index (κ1) is 30.5. The van der Waals surface area contributed by atoms with Crippen LogP contribution in [-0.4, -0.2) is 34.1 Å². The van der Waals surface area contributed by atoms with Crippen LogP contribution in [-0.2, 0) is 25.5 Å². The Morgan fingerprint density at radius 2 is 1.64 bits per heavy atom. The lowest BCUT2D eigenvalue weighted by molar-refractivity contribution is -0.329. The van der Waals surface area contributed by atoms with Crippen molar-refractivity contribution >= 4 is 5.97 Å². The molecule has 0 N–H and O–H groups in total. The van der Waals surface area contributed by atoms with Gasteiger partial charge in [-0.25, -0.2) is 4.39 Å². The molecule has 0 bridgehead atoms. The van der Waals surface area contributed by atoms with Crippen molar-refractivity contribution in [1.29, 1.82) is 0 Å². The first-order valence-electron chi connectivity index (χ1n) is 15.6. The van der Waals surface area contributed by atoms with E-state index in [4.69, 9.17) is 14.2 Å². The average Bonchev–Trinajstić information content (AvgIpc) is 3.32. The van der Waals surface area contributed by atoms with Crippen molar-refractivity contribution in [3.63, 3.8) is 0 Å². The third-order valence-corrected chi connectivity index (χ3v) is 8.32. The molecule has 2 fully saturated rings. The summed E-state index contributed by atoms with van der Waals surface area (Å²) in [4.78, 5) is 12.8. The van der Waals surface area contributed by atoms with Gasteiger partial charge in [-0.3, -0.25) is 4.79 Å². The number of hydrogen-bond acceptors (Lipinski definition) is 4. The Morgan fingerprint density at radius 3 is 2.29 bits per heavy atom. The van der Waals surface area contributed by atoms with Crippen LogP contribution in [0.3, 0.4) is 0 Å². The van der Waals surface area contributed by atoms with Gasteiger partial charge in [-0.2, -0.15) is 0 Å². The molecule has 6 heteroatoms. The number of carbonyl (C=O) groups excluding carboxylic acids is 1. The van der Waals surface area contributed by atoms with Crippen molar-refractivity contribution in [3.05, 3.63) is 72.2 Å². The zero-order valence-electron chi connectivity index (χ0n) is 25.8. The number of ether oxygens (including phenoxy) is 3. The number of halogens is 1. The normalized spacial score (nSPS) is 20.6. The van der Waals surface area contributed by atoms with Crippen molar-refractivity contribution in [2.45, 2.75) is 122 Å². The van der Waals surface area contributed by atoms with Crippen molar-refractivity contribution in [3.8, 4) is 22.4 Å². The highest BCUT2D eigenvalue weighted by atomic mass is 19.1. The van der Waals surface area contributed by atoms with Crippen molar-refractivity contribution in [2.75, 3.05) is 0 Å². The summed E-state index contributed by atoms with van der Waals surface area (Å²) in [6, 6.07) is 19.5. The van der Waals surface area contributed by atoms with E-state index in [-0.39, 0.29) is 30.4 Å². The third-order valence-electron chi connectivity index (χ3n) is 8.32. The molecule has 42 heavy (non-hydrogen) atoms. The molecule has 2 aliphatic rings. The Kier molecular flexibility index (Phi) is 9.24. The minimum atomic E-state index is -0.625. The zero-order chi connectivity index (χ0) is 29.9. The quantitative estimate of drug-likeness (QED) is 0.252. The maximum atomic E-state index is 14.0. The fourth-order valence-corrected chi connectivity index (χ4v) is 6.54. The van der Waals surface area contributed by atoms with E-state index in [1.54, 1.807) is 0 Å². The maximum Gasteiger partial charge on any atom is 0.308 e. The molecule has 1 aromatic heterocycles. The summed E-state index contributed by atoms with van der Waals surface area (Å²) in [7, 11) is 0. The number of benzene rings is 2. The highest BCUT2D eigenvalue weighted by Gasteiger charge is 2.44. The molecule has 0 amide bonds. The number of esters is 1. The van der Waals surface area contributed by atoms with E-state index in [1.807, 2.05) is 39.0 Å². The van der Waals surface area contributed by atoms with E-state index in [0.29, 0.717) is 12.3 Å². The van der Waals surface area contributed by atoms with Crippen LogP contribution < -0.4 is 0 Å². The molecule has 5 nitrogen and oxygen atoms in total. The Morgan fingerprint density at radius 1 is 0.976 bits per heavy atom. The van der Waals surface area contributed by atoms with Crippen LogP contribution in [0.15, 0.2) is 60.7 Å². The molecule has 1 aliphatic heterocycles. The molecule has 1 saturated carbocycles. The van der Waals surface area contributed by atoms with E-state index in [2.05, 4.69) is 48.7 Å². The van der Waals surface area contributed by atoms with Crippen molar-refractivity contribution < 1.29 is 23.4 Å². The van der Waals surface area contributed by atoms with Gasteiger partial charge in [-0.15, -0.1) is 0 Å². The molecular formula is C36H46FNO4. The van der Waals surface area contributed by atoms with Crippen LogP contribution >= 0.6 is 0 Å². The summed E-state index contributed by atoms with van der Waals surface area (Å²) >= 11 is 0. The monoisotopic (exact) mass is 575 g/mol. The molecule has 2 atom stereocenters. The summed E-state index contributed by atoms with van der Waals surface area (Å²) in [5.41, 5.74) is 5.07. The van der Waals surface area contributed by atoms with Crippen LogP contribution in [0.25, 0.3) is 22.4 Å². The second-order valence-electron chi connectivity index (χ2n) is 13.3. The van der Waals surface area contributed by atoms with Gasteiger partial charge in [-0.05, 0) is 87.4 Å². The van der Waals surface area contributed by atoms with E-state index in [1.165, 1.54) is 24.2 Å². The molecule has 3 aromatic rings. The molecule has 1 aliphatic carbocycles. The lowest BCUT2D eigenvalue weighted by Crippen LogP contribution is -2.50. The fraction of sp³-hybridized carbons (Fsp3) is 0.528. The lowest BCUT2D eigenvalue weighted by Gasteiger charge is -2.47. The number of hydrogen-bond donors (Lipinski definition) is 0. The summed E-state index contributed by atoms with van der Waals surface area (Å²) in [5, 5.41) is 0. The van der Waals surface area contributed by atoms with Crippen molar-refractivity contribution in [2.24, 2.45) is 0 Å². The average molecular weight is 576 g/mol. The topological polar surface area (TPSA) is 49.7 Å². The molecule has 2 heterocycles. The molecule has 1 saturated heterocycles. The van der Waals surface area contributed by atoms with Gasteiger partial charge in [-0.1, -0.05) is 50.6 Å². The fourth-order valence-electron chi connectivity index (χ4n) is 6.54. The predicted octanol–water partition coefficient (Wildman–Crippen LogP) is 9.04. The molecule has 2 unspecified atom stereocenters. The Balaban J connectivity index is 1.45. The first-order chi connectivity index (χ1) is 20.0. The van der Waals surface area contributed by atoms with Gasteiger partial charge in [0.25, 0.3) is 0 Å². The van der Waals surface area contributed by atoms with Gasteiger partial charge in [0.05, 0.1) is 24.3 Å². The number of rotatable bonds is 8. The highest BCUT2D eigenvalue weighted by Crippen LogP contribution is 2.42. The smallest absolute Gasteiger partial charge is 0.308 e. The number of nitrogens with zero attached hydrogens (tertiary/aromatic N) is 1. The van der Waals surface area contributed by atoms with Crippen LogP contribution in [0.2, 0.25) is 0 Å².